The number of guanidine groups is 1. The largest absolute Gasteiger partial charge is 0.493 e. The lowest BCUT2D eigenvalue weighted by Crippen LogP contribution is -2.38. The van der Waals surface area contributed by atoms with Gasteiger partial charge in [0, 0.05) is 25.7 Å². The van der Waals surface area contributed by atoms with Crippen molar-refractivity contribution in [2.75, 3.05) is 34.9 Å². The second kappa shape index (κ2) is 12.3. The molecule has 0 spiro atoms. The molecule has 0 aliphatic rings. The van der Waals surface area contributed by atoms with Crippen molar-refractivity contribution < 1.29 is 23.0 Å². The van der Waals surface area contributed by atoms with Crippen molar-refractivity contribution in [3.05, 3.63) is 53.1 Å². The highest BCUT2D eigenvalue weighted by molar-refractivity contribution is 14.0. The Hall–Kier alpha value is -2.30. The quantitative estimate of drug-likeness (QED) is 0.317. The van der Waals surface area contributed by atoms with Crippen LogP contribution in [0.3, 0.4) is 0 Å². The topological polar surface area (TPSA) is 64.1 Å². The van der Waals surface area contributed by atoms with Crippen molar-refractivity contribution >= 4 is 29.9 Å². The summed E-state index contributed by atoms with van der Waals surface area (Å²) in [5.41, 5.74) is 0.938. The molecule has 0 unspecified atom stereocenters. The maximum absolute atomic E-state index is 13.7. The van der Waals surface area contributed by atoms with Crippen LogP contribution in [0.5, 0.6) is 17.2 Å². The molecule has 0 aromatic heterocycles. The number of nitrogens with zero attached hydrogens (tertiary/aromatic N) is 1. The summed E-state index contributed by atoms with van der Waals surface area (Å²) in [7, 11) is 6.27. The number of halogens is 3. The lowest BCUT2D eigenvalue weighted by molar-refractivity contribution is 0.323. The molecule has 2 aromatic carbocycles. The number of hydrogen-bond acceptors (Lipinski definition) is 4. The molecule has 29 heavy (non-hydrogen) atoms. The molecule has 0 fully saturated rings. The Labute approximate surface area is 186 Å². The Morgan fingerprint density at radius 1 is 0.966 bits per heavy atom. The number of ether oxygens (including phenoxy) is 3. The Morgan fingerprint density at radius 2 is 1.55 bits per heavy atom. The van der Waals surface area contributed by atoms with Gasteiger partial charge in [0.15, 0.2) is 17.5 Å². The molecule has 0 amide bonds. The molecular weight excluding hydrogens is 495 g/mol. The second-order valence-corrected chi connectivity index (χ2v) is 5.84. The summed E-state index contributed by atoms with van der Waals surface area (Å²) in [6.45, 7) is 0.761. The summed E-state index contributed by atoms with van der Waals surface area (Å²) in [4.78, 5) is 4.12. The number of aliphatic imine (C=N–C) groups is 1. The smallest absolute Gasteiger partial charge is 0.203 e. The van der Waals surface area contributed by atoms with Gasteiger partial charge in [0.05, 0.1) is 21.3 Å². The predicted molar refractivity (Wildman–Crippen MR) is 120 cm³/mol. The monoisotopic (exact) mass is 521 g/mol. The Kier molecular flexibility index (Phi) is 10.5. The van der Waals surface area contributed by atoms with E-state index in [1.807, 2.05) is 12.1 Å². The van der Waals surface area contributed by atoms with Crippen LogP contribution in [0, 0.1) is 11.6 Å². The first-order chi connectivity index (χ1) is 13.5. The molecule has 0 heterocycles. The normalized spacial score (nSPS) is 10.8. The van der Waals surface area contributed by atoms with E-state index in [2.05, 4.69) is 15.6 Å². The van der Waals surface area contributed by atoms with Gasteiger partial charge in [-0.15, -0.1) is 24.0 Å². The predicted octanol–water partition coefficient (Wildman–Crippen LogP) is 3.52. The molecule has 160 valence electrons. The minimum absolute atomic E-state index is 0. The van der Waals surface area contributed by atoms with E-state index in [4.69, 9.17) is 14.2 Å². The van der Waals surface area contributed by atoms with Gasteiger partial charge in [-0.05, 0) is 36.2 Å². The van der Waals surface area contributed by atoms with Gasteiger partial charge in [-0.1, -0.05) is 6.07 Å². The van der Waals surface area contributed by atoms with Crippen molar-refractivity contribution in [3.63, 3.8) is 0 Å². The van der Waals surface area contributed by atoms with Crippen LogP contribution in [0.25, 0.3) is 0 Å². The molecule has 9 heteroatoms. The number of rotatable bonds is 8. The van der Waals surface area contributed by atoms with Crippen LogP contribution in [0.1, 0.15) is 11.1 Å². The minimum atomic E-state index is -0.554. The molecule has 0 atom stereocenters. The summed E-state index contributed by atoms with van der Waals surface area (Å²) in [6, 6.07) is 7.50. The average molecular weight is 521 g/mol. The van der Waals surface area contributed by atoms with E-state index in [1.165, 1.54) is 18.2 Å². The van der Waals surface area contributed by atoms with Crippen LogP contribution in [0.4, 0.5) is 8.78 Å². The summed E-state index contributed by atoms with van der Waals surface area (Å²) < 4.78 is 43.4. The zero-order valence-electron chi connectivity index (χ0n) is 16.8. The van der Waals surface area contributed by atoms with Crippen LogP contribution >= 0.6 is 24.0 Å². The first kappa shape index (κ1) is 24.7. The SMILES string of the molecule is CN=C(NCCc1c(F)cccc1F)NCc1cc(OC)c(OC)c(OC)c1.I. The van der Waals surface area contributed by atoms with Gasteiger partial charge >= 0.3 is 0 Å². The fourth-order valence-corrected chi connectivity index (χ4v) is 2.72. The molecule has 0 saturated carbocycles. The maximum atomic E-state index is 13.7. The third kappa shape index (κ3) is 6.62. The van der Waals surface area contributed by atoms with E-state index in [9.17, 15) is 8.78 Å². The summed E-state index contributed by atoms with van der Waals surface area (Å²) in [5, 5.41) is 6.18. The number of nitrogens with one attached hydrogen (secondary N) is 2. The standard InChI is InChI=1S/C20H25F2N3O3.HI/c1-23-20(24-9-8-14-15(21)6-5-7-16(14)22)25-12-13-10-17(26-2)19(28-4)18(11-13)27-3;/h5-7,10-11H,8-9,12H2,1-4H3,(H2,23,24,25);1H. The lowest BCUT2D eigenvalue weighted by atomic mass is 10.1. The summed E-state index contributed by atoms with van der Waals surface area (Å²) in [5.74, 6) is 1.02. The minimum Gasteiger partial charge on any atom is -0.493 e. The zero-order chi connectivity index (χ0) is 20.5. The van der Waals surface area contributed by atoms with Crippen LogP contribution in [-0.4, -0.2) is 40.9 Å². The molecule has 0 aliphatic carbocycles. The van der Waals surface area contributed by atoms with Gasteiger partial charge in [-0.3, -0.25) is 4.99 Å². The van der Waals surface area contributed by atoms with E-state index in [-0.39, 0.29) is 36.0 Å². The van der Waals surface area contributed by atoms with E-state index >= 15 is 0 Å². The summed E-state index contributed by atoms with van der Waals surface area (Å²) in [6.07, 6.45) is 0.198. The van der Waals surface area contributed by atoms with Crippen molar-refractivity contribution in [2.45, 2.75) is 13.0 Å². The van der Waals surface area contributed by atoms with Gasteiger partial charge in [0.2, 0.25) is 5.75 Å². The van der Waals surface area contributed by atoms with Gasteiger partial charge in [-0.25, -0.2) is 8.78 Å². The first-order valence-corrected chi connectivity index (χ1v) is 8.70. The zero-order valence-corrected chi connectivity index (χ0v) is 19.2. The third-order valence-electron chi connectivity index (χ3n) is 4.14. The average Bonchev–Trinajstić information content (AvgIpc) is 2.71. The van der Waals surface area contributed by atoms with Crippen LogP contribution in [-0.2, 0) is 13.0 Å². The highest BCUT2D eigenvalue weighted by Gasteiger charge is 2.13. The lowest BCUT2D eigenvalue weighted by Gasteiger charge is -2.16. The van der Waals surface area contributed by atoms with Crippen LogP contribution in [0.2, 0.25) is 0 Å². The molecule has 0 aliphatic heterocycles. The molecule has 2 aromatic rings. The van der Waals surface area contributed by atoms with Crippen molar-refractivity contribution in [3.8, 4) is 17.2 Å². The Bertz CT molecular complexity index is 789. The maximum Gasteiger partial charge on any atom is 0.203 e. The van der Waals surface area contributed by atoms with Crippen molar-refractivity contribution in [1.29, 1.82) is 0 Å². The molecule has 0 saturated heterocycles. The second-order valence-electron chi connectivity index (χ2n) is 5.84. The molecule has 0 bridgehead atoms. The molecule has 2 N–H and O–H groups in total. The molecule has 0 radical (unpaired) electrons. The Morgan fingerprint density at radius 3 is 2.03 bits per heavy atom. The number of hydrogen-bond donors (Lipinski definition) is 2. The highest BCUT2D eigenvalue weighted by atomic mass is 127. The van der Waals surface area contributed by atoms with E-state index in [0.717, 1.165) is 5.56 Å². The van der Waals surface area contributed by atoms with Crippen LogP contribution < -0.4 is 24.8 Å². The third-order valence-corrected chi connectivity index (χ3v) is 4.14. The van der Waals surface area contributed by atoms with Crippen LogP contribution in [0.15, 0.2) is 35.3 Å². The van der Waals surface area contributed by atoms with E-state index < -0.39 is 11.6 Å². The van der Waals surface area contributed by atoms with E-state index in [1.54, 1.807) is 28.4 Å². The van der Waals surface area contributed by atoms with E-state index in [0.29, 0.717) is 36.3 Å². The Balaban J connectivity index is 0.00000420. The summed E-state index contributed by atoms with van der Waals surface area (Å²) >= 11 is 0. The molecule has 6 nitrogen and oxygen atoms in total. The van der Waals surface area contributed by atoms with Gasteiger partial charge < -0.3 is 24.8 Å². The van der Waals surface area contributed by atoms with Gasteiger partial charge in [0.25, 0.3) is 0 Å². The number of methoxy groups -OCH3 is 3. The fourth-order valence-electron chi connectivity index (χ4n) is 2.72. The van der Waals surface area contributed by atoms with Crippen molar-refractivity contribution in [1.82, 2.24) is 10.6 Å². The first-order valence-electron chi connectivity index (χ1n) is 8.70. The fraction of sp³-hybridized carbons (Fsp3) is 0.350. The highest BCUT2D eigenvalue weighted by Crippen LogP contribution is 2.38. The molecular formula is C20H26F2IN3O3. The number of benzene rings is 2. The van der Waals surface area contributed by atoms with Gasteiger partial charge in [0.1, 0.15) is 11.6 Å². The van der Waals surface area contributed by atoms with Gasteiger partial charge in [-0.2, -0.15) is 0 Å². The van der Waals surface area contributed by atoms with Crippen molar-refractivity contribution in [2.24, 2.45) is 4.99 Å². The molecule has 2 rings (SSSR count).